The monoisotopic (exact) mass is 1110 g/mol. The van der Waals surface area contributed by atoms with Gasteiger partial charge in [-0.3, -0.25) is 4.79 Å². The van der Waals surface area contributed by atoms with Crippen LogP contribution in [0.1, 0.15) is 32.1 Å². The third kappa shape index (κ3) is 13.3. The molecule has 0 unspecified atom stereocenters. The van der Waals surface area contributed by atoms with Gasteiger partial charge in [0.25, 0.3) is 5.91 Å². The first-order chi connectivity index (χ1) is 36.9. The summed E-state index contributed by atoms with van der Waals surface area (Å²) in [6.45, 7) is 0. The topological polar surface area (TPSA) is 293 Å². The fourth-order valence-corrected chi connectivity index (χ4v) is 7.34. The van der Waals surface area contributed by atoms with Crippen LogP contribution in [0.5, 0.6) is 34.8 Å². The van der Waals surface area contributed by atoms with Crippen molar-refractivity contribution >= 4 is 45.2 Å². The molecular formula is C47H41F6N13O11S. The average molecular weight is 1110 g/mol. The number of hydrogen-bond acceptors (Lipinski definition) is 20. The number of carboxylic acids is 1. The quantitative estimate of drug-likeness (QED) is 0.0645. The molecular weight excluding hydrogens is 1070 g/mol. The largest absolute Gasteiger partial charge is 0.497 e. The van der Waals surface area contributed by atoms with Crippen molar-refractivity contribution in [1.82, 2.24) is 54.2 Å². The van der Waals surface area contributed by atoms with Crippen LogP contribution in [0.3, 0.4) is 0 Å². The molecule has 0 bridgehead atoms. The minimum atomic E-state index is -4.73. The van der Waals surface area contributed by atoms with Gasteiger partial charge in [0, 0.05) is 107 Å². The van der Waals surface area contributed by atoms with Gasteiger partial charge in [-0.25, -0.2) is 47.2 Å². The summed E-state index contributed by atoms with van der Waals surface area (Å²) in [6, 6.07) is 13.9. The van der Waals surface area contributed by atoms with E-state index in [9.17, 15) is 49.5 Å². The molecule has 0 aliphatic rings. The number of rotatable bonds is 17. The minimum Gasteiger partial charge on any atom is -0.497 e. The number of benzene rings is 2. The summed E-state index contributed by atoms with van der Waals surface area (Å²) in [5.41, 5.74) is -1.25. The van der Waals surface area contributed by atoms with Crippen molar-refractivity contribution < 1.29 is 77.9 Å². The number of hydrogen-bond donors (Lipinski definition) is 4. The number of nitrogens with one attached hydrogen (secondary N) is 3. The Morgan fingerprint density at radius 3 is 1.27 bits per heavy atom. The lowest BCUT2D eigenvalue weighted by atomic mass is 10.1. The molecule has 8 aromatic rings. The van der Waals surface area contributed by atoms with Gasteiger partial charge in [0.1, 0.15) is 34.1 Å². The molecule has 0 radical (unpaired) electrons. The highest BCUT2D eigenvalue weighted by Crippen LogP contribution is 2.36. The summed E-state index contributed by atoms with van der Waals surface area (Å²) in [7, 11) is 4.44. The van der Waals surface area contributed by atoms with Crippen molar-refractivity contribution in [2.75, 3.05) is 59.5 Å². The van der Waals surface area contributed by atoms with E-state index in [0.717, 1.165) is 40.1 Å². The lowest BCUT2D eigenvalue weighted by Gasteiger charge is -2.14. The average Bonchev–Trinajstić information content (AvgIpc) is 4.15. The van der Waals surface area contributed by atoms with Crippen molar-refractivity contribution in [3.63, 3.8) is 0 Å². The van der Waals surface area contributed by atoms with E-state index >= 15 is 0 Å². The summed E-state index contributed by atoms with van der Waals surface area (Å²) in [6.07, 6.45) is -1.34. The van der Waals surface area contributed by atoms with Crippen LogP contribution in [-0.2, 0) is 22.4 Å². The Labute approximate surface area is 437 Å². The molecule has 0 spiro atoms. The molecule has 2 aromatic carbocycles. The van der Waals surface area contributed by atoms with Crippen molar-refractivity contribution in [2.45, 2.75) is 12.4 Å². The normalized spacial score (nSPS) is 11.4. The van der Waals surface area contributed by atoms with Gasteiger partial charge in [-0.15, -0.1) is 0 Å². The van der Waals surface area contributed by atoms with Gasteiger partial charge in [-0.05, 0) is 24.3 Å². The SMILES string of the molecule is COc1cc(Nc2ncc(-c3cnc(OC)c(C(=O)NS(C)(=O)=O)c3)c(-n3ccc(C(F)(F)F)n3)n2)cc(OC)c1.COc1cc(Nc2ncc(-c3cnc(OC)c(C(=O)O)c3)c(-n3ccc(C(F)(F)F)n3)n2)cc(OC)c1. The van der Waals surface area contributed by atoms with Crippen LogP contribution in [0.4, 0.5) is 49.6 Å². The first-order valence-electron chi connectivity index (χ1n) is 21.8. The zero-order valence-corrected chi connectivity index (χ0v) is 42.2. The van der Waals surface area contributed by atoms with E-state index in [1.54, 1.807) is 36.4 Å². The van der Waals surface area contributed by atoms with Gasteiger partial charge in [-0.1, -0.05) is 0 Å². The zero-order valence-electron chi connectivity index (χ0n) is 41.4. The van der Waals surface area contributed by atoms with Crippen molar-refractivity contribution in [2.24, 2.45) is 0 Å². The summed E-state index contributed by atoms with van der Waals surface area (Å²) in [5.74, 6) is -1.01. The summed E-state index contributed by atoms with van der Waals surface area (Å²) in [4.78, 5) is 49.6. The Morgan fingerprint density at radius 2 is 0.936 bits per heavy atom. The van der Waals surface area contributed by atoms with E-state index in [1.165, 1.54) is 79.6 Å². The lowest BCUT2D eigenvalue weighted by Crippen LogP contribution is -2.29. The first kappa shape index (κ1) is 55.9. The Kier molecular flexibility index (Phi) is 16.5. The smallest absolute Gasteiger partial charge is 0.435 e. The van der Waals surface area contributed by atoms with E-state index in [0.29, 0.717) is 34.4 Å². The second kappa shape index (κ2) is 23.0. The van der Waals surface area contributed by atoms with Crippen molar-refractivity contribution in [3.8, 4) is 68.6 Å². The van der Waals surface area contributed by atoms with Gasteiger partial charge < -0.3 is 44.2 Å². The first-order valence-corrected chi connectivity index (χ1v) is 23.7. The summed E-state index contributed by atoms with van der Waals surface area (Å²) < 4.78 is 138. The predicted molar refractivity (Wildman–Crippen MR) is 263 cm³/mol. The lowest BCUT2D eigenvalue weighted by molar-refractivity contribution is -0.142. The van der Waals surface area contributed by atoms with Gasteiger partial charge in [-0.2, -0.15) is 46.5 Å². The molecule has 6 aromatic heterocycles. The second-order valence-corrected chi connectivity index (χ2v) is 17.4. The Balaban J connectivity index is 0.000000227. The standard InChI is InChI=1S/C24H22F3N7O6S.C23H19F3N6O5/c1-38-15-8-14(9-16(10-15)39-2)30-23-29-12-18(20(31-23)34-6-5-19(32-34)24(25,26)27)13-7-17(22(40-3)28-11-13)21(35)33-41(4,36)37;1-35-14-7-13(8-15(9-14)36-2)29-22-28-11-17(12-6-16(21(33)34)20(37-3)27-10-12)19(30-22)32-5-4-18(31-32)23(24,25)26/h5-12H,1-4H3,(H,33,35)(H,29,30,31);4-11H,1-3H3,(H,33,34)(H,28,29,30). The number of carbonyl (C=O) groups is 2. The van der Waals surface area contributed by atoms with Crippen LogP contribution in [0.2, 0.25) is 0 Å². The number of nitrogens with zero attached hydrogens (tertiary/aromatic N) is 10. The molecule has 0 saturated carbocycles. The highest BCUT2D eigenvalue weighted by atomic mass is 32.2. The Hall–Kier alpha value is -9.81. The number of alkyl halides is 6. The maximum absolute atomic E-state index is 13.3. The molecule has 6 heterocycles. The number of aromatic carboxylic acids is 1. The zero-order chi connectivity index (χ0) is 56.7. The summed E-state index contributed by atoms with van der Waals surface area (Å²) in [5, 5.41) is 22.6. The van der Waals surface area contributed by atoms with E-state index in [4.69, 9.17) is 28.4 Å². The van der Waals surface area contributed by atoms with Crippen LogP contribution in [0.25, 0.3) is 33.9 Å². The third-order valence-corrected chi connectivity index (χ3v) is 11.0. The third-order valence-electron chi connectivity index (χ3n) is 10.4. The van der Waals surface area contributed by atoms with E-state index in [2.05, 4.69) is 50.7 Å². The fraction of sp³-hybridized carbons (Fsp3) is 0.191. The van der Waals surface area contributed by atoms with Crippen LogP contribution in [-0.4, -0.2) is 124 Å². The Bertz CT molecular complexity index is 3590. The number of anilines is 4. The van der Waals surface area contributed by atoms with Crippen molar-refractivity contribution in [3.05, 3.63) is 120 Å². The Morgan fingerprint density at radius 1 is 0.551 bits per heavy atom. The molecule has 24 nitrogen and oxygen atoms in total. The highest BCUT2D eigenvalue weighted by molar-refractivity contribution is 7.89. The van der Waals surface area contributed by atoms with Gasteiger partial charge >= 0.3 is 18.3 Å². The maximum atomic E-state index is 13.3. The van der Waals surface area contributed by atoms with E-state index < -0.39 is 45.6 Å². The fourth-order valence-electron chi connectivity index (χ4n) is 6.89. The highest BCUT2D eigenvalue weighted by Gasteiger charge is 2.35. The van der Waals surface area contributed by atoms with Crippen LogP contribution >= 0.6 is 0 Å². The summed E-state index contributed by atoms with van der Waals surface area (Å²) >= 11 is 0. The number of sulfonamides is 1. The van der Waals surface area contributed by atoms with E-state index in [1.807, 2.05) is 4.72 Å². The van der Waals surface area contributed by atoms with Crippen LogP contribution in [0.15, 0.2) is 97.8 Å². The maximum Gasteiger partial charge on any atom is 0.435 e. The van der Waals surface area contributed by atoms with Gasteiger partial charge in [0.05, 0.1) is 48.9 Å². The molecule has 0 fully saturated rings. The number of carbonyl (C=O) groups excluding carboxylic acids is 1. The molecule has 8 rings (SSSR count). The second-order valence-electron chi connectivity index (χ2n) is 15.7. The molecule has 1 amide bonds. The van der Waals surface area contributed by atoms with Crippen molar-refractivity contribution in [1.29, 1.82) is 0 Å². The number of amides is 1. The van der Waals surface area contributed by atoms with E-state index in [-0.39, 0.29) is 68.7 Å². The van der Waals surface area contributed by atoms with Crippen LogP contribution < -0.4 is 43.8 Å². The number of methoxy groups -OCH3 is 6. The molecule has 0 aliphatic heterocycles. The predicted octanol–water partition coefficient (Wildman–Crippen LogP) is 7.41. The molecule has 408 valence electrons. The molecule has 4 N–H and O–H groups in total. The number of pyridine rings is 2. The number of halogens is 6. The minimum absolute atomic E-state index is 0.0121. The number of aromatic nitrogens is 10. The molecule has 31 heteroatoms. The number of ether oxygens (including phenoxy) is 6. The number of carboxylic acid groups (broad SMARTS) is 1. The molecule has 0 saturated heterocycles. The van der Waals surface area contributed by atoms with Gasteiger partial charge in [0.2, 0.25) is 33.7 Å². The van der Waals surface area contributed by atoms with Gasteiger partial charge in [0.15, 0.2) is 23.0 Å². The molecule has 78 heavy (non-hydrogen) atoms. The molecule has 0 atom stereocenters. The molecule has 0 aliphatic carbocycles. The van der Waals surface area contributed by atoms with Crippen LogP contribution in [0, 0.1) is 0 Å².